The molecule has 0 amide bonds. The summed E-state index contributed by atoms with van der Waals surface area (Å²) in [6.07, 6.45) is 5.31. The lowest BCUT2D eigenvalue weighted by Gasteiger charge is -2.24. The molecule has 2 rings (SSSR count). The largest absolute Gasteiger partial charge is 0.338 e. The Morgan fingerprint density at radius 3 is 2.61 bits per heavy atom. The van der Waals surface area contributed by atoms with E-state index in [-0.39, 0.29) is 5.41 Å². The fourth-order valence-corrected chi connectivity index (χ4v) is 2.04. The average molecular weight is 249 g/mol. The van der Waals surface area contributed by atoms with Crippen molar-refractivity contribution in [2.24, 2.45) is 12.8 Å². The molecule has 0 aromatic carbocycles. The SMILES string of the molecule is CCC(CC)(CN)c1nc(-c2nccn2C)no1. The van der Waals surface area contributed by atoms with Gasteiger partial charge in [-0.05, 0) is 12.8 Å². The average Bonchev–Trinajstić information content (AvgIpc) is 3.01. The molecule has 0 spiro atoms. The van der Waals surface area contributed by atoms with E-state index in [1.54, 1.807) is 6.20 Å². The summed E-state index contributed by atoms with van der Waals surface area (Å²) in [6, 6.07) is 0. The van der Waals surface area contributed by atoms with Crippen molar-refractivity contribution < 1.29 is 4.52 Å². The van der Waals surface area contributed by atoms with Gasteiger partial charge in [-0.15, -0.1) is 0 Å². The van der Waals surface area contributed by atoms with E-state index >= 15 is 0 Å². The van der Waals surface area contributed by atoms with Gasteiger partial charge in [0.1, 0.15) is 0 Å². The minimum absolute atomic E-state index is 0.226. The van der Waals surface area contributed by atoms with Crippen LogP contribution in [0, 0.1) is 0 Å². The summed E-state index contributed by atoms with van der Waals surface area (Å²) in [4.78, 5) is 8.66. The molecule has 98 valence electrons. The maximum absolute atomic E-state index is 5.87. The minimum atomic E-state index is -0.226. The van der Waals surface area contributed by atoms with Gasteiger partial charge in [-0.1, -0.05) is 19.0 Å². The summed E-state index contributed by atoms with van der Waals surface area (Å²) in [5, 5.41) is 4.00. The number of imidazole rings is 1. The molecule has 6 heteroatoms. The van der Waals surface area contributed by atoms with Crippen molar-refractivity contribution in [2.75, 3.05) is 6.54 Å². The Kier molecular flexibility index (Phi) is 3.47. The quantitative estimate of drug-likeness (QED) is 0.868. The molecule has 2 N–H and O–H groups in total. The molecular weight excluding hydrogens is 230 g/mol. The number of aromatic nitrogens is 4. The van der Waals surface area contributed by atoms with Gasteiger partial charge in [0.25, 0.3) is 0 Å². The van der Waals surface area contributed by atoms with E-state index in [1.165, 1.54) is 0 Å². The maximum Gasteiger partial charge on any atom is 0.238 e. The van der Waals surface area contributed by atoms with Gasteiger partial charge in [0.2, 0.25) is 11.7 Å². The first-order valence-corrected chi connectivity index (χ1v) is 6.18. The summed E-state index contributed by atoms with van der Waals surface area (Å²) in [5.41, 5.74) is 5.64. The molecule has 2 heterocycles. The van der Waals surface area contributed by atoms with Gasteiger partial charge in [0.05, 0.1) is 5.41 Å². The normalized spacial score (nSPS) is 12.0. The Bertz CT molecular complexity index is 504. The predicted octanol–water partition coefficient (Wildman–Crippen LogP) is 1.49. The number of rotatable bonds is 5. The van der Waals surface area contributed by atoms with Crippen molar-refractivity contribution in [3.8, 4) is 11.6 Å². The highest BCUT2D eigenvalue weighted by Crippen LogP contribution is 2.30. The Morgan fingerprint density at radius 1 is 1.39 bits per heavy atom. The Labute approximate surface area is 106 Å². The maximum atomic E-state index is 5.87. The third kappa shape index (κ3) is 1.92. The molecule has 2 aromatic rings. The predicted molar refractivity (Wildman–Crippen MR) is 67.8 cm³/mol. The van der Waals surface area contributed by atoms with Crippen LogP contribution in [0.3, 0.4) is 0 Å². The highest BCUT2D eigenvalue weighted by atomic mass is 16.5. The van der Waals surface area contributed by atoms with Crippen molar-refractivity contribution in [3.63, 3.8) is 0 Å². The van der Waals surface area contributed by atoms with Crippen LogP contribution in [0.1, 0.15) is 32.6 Å². The lowest BCUT2D eigenvalue weighted by Crippen LogP contribution is -2.34. The second-order valence-electron chi connectivity index (χ2n) is 4.48. The van der Waals surface area contributed by atoms with Gasteiger partial charge in [0, 0.05) is 26.0 Å². The summed E-state index contributed by atoms with van der Waals surface area (Å²) >= 11 is 0. The molecule has 6 nitrogen and oxygen atoms in total. The molecule has 0 aliphatic rings. The van der Waals surface area contributed by atoms with Crippen molar-refractivity contribution in [3.05, 3.63) is 18.3 Å². The molecule has 18 heavy (non-hydrogen) atoms. The number of hydrogen-bond acceptors (Lipinski definition) is 5. The fraction of sp³-hybridized carbons (Fsp3) is 0.583. The van der Waals surface area contributed by atoms with Crippen LogP contribution < -0.4 is 5.73 Å². The van der Waals surface area contributed by atoms with Crippen LogP contribution >= 0.6 is 0 Å². The molecule has 0 aliphatic heterocycles. The molecule has 0 bridgehead atoms. The summed E-state index contributed by atoms with van der Waals surface area (Å²) < 4.78 is 7.24. The lowest BCUT2D eigenvalue weighted by molar-refractivity contribution is 0.267. The minimum Gasteiger partial charge on any atom is -0.338 e. The van der Waals surface area contributed by atoms with Crippen LogP contribution in [-0.2, 0) is 12.5 Å². The third-order valence-electron chi connectivity index (χ3n) is 3.65. The van der Waals surface area contributed by atoms with Crippen LogP contribution in [-0.4, -0.2) is 26.2 Å². The summed E-state index contributed by atoms with van der Waals surface area (Å²) in [6.45, 7) is 4.67. The van der Waals surface area contributed by atoms with E-state index in [0.717, 1.165) is 12.8 Å². The van der Waals surface area contributed by atoms with Gasteiger partial charge in [-0.2, -0.15) is 4.98 Å². The highest BCUT2D eigenvalue weighted by Gasteiger charge is 2.33. The van der Waals surface area contributed by atoms with Gasteiger partial charge < -0.3 is 14.8 Å². The van der Waals surface area contributed by atoms with E-state index in [9.17, 15) is 0 Å². The van der Waals surface area contributed by atoms with E-state index in [0.29, 0.717) is 24.1 Å². The van der Waals surface area contributed by atoms with Gasteiger partial charge in [-0.25, -0.2) is 4.98 Å². The number of aryl methyl sites for hydroxylation is 1. The van der Waals surface area contributed by atoms with Gasteiger partial charge in [0.15, 0.2) is 5.82 Å². The molecule has 0 saturated heterocycles. The molecule has 0 atom stereocenters. The molecule has 0 fully saturated rings. The van der Waals surface area contributed by atoms with Crippen LogP contribution in [0.2, 0.25) is 0 Å². The molecular formula is C12H19N5O. The van der Waals surface area contributed by atoms with E-state index in [2.05, 4.69) is 29.0 Å². The summed E-state index contributed by atoms with van der Waals surface area (Å²) in [5.74, 6) is 1.81. The second-order valence-corrected chi connectivity index (χ2v) is 4.48. The first kappa shape index (κ1) is 12.8. The van der Waals surface area contributed by atoms with Crippen LogP contribution in [0.15, 0.2) is 16.9 Å². The zero-order chi connectivity index (χ0) is 13.2. The molecule has 0 unspecified atom stereocenters. The Balaban J connectivity index is 2.39. The fourth-order valence-electron chi connectivity index (χ4n) is 2.04. The van der Waals surface area contributed by atoms with Crippen LogP contribution in [0.25, 0.3) is 11.6 Å². The zero-order valence-electron chi connectivity index (χ0n) is 11.1. The van der Waals surface area contributed by atoms with E-state index in [1.807, 2.05) is 17.8 Å². The van der Waals surface area contributed by atoms with Crippen molar-refractivity contribution in [1.82, 2.24) is 19.7 Å². The van der Waals surface area contributed by atoms with Crippen LogP contribution in [0.5, 0.6) is 0 Å². The van der Waals surface area contributed by atoms with Gasteiger partial charge >= 0.3 is 0 Å². The van der Waals surface area contributed by atoms with Crippen molar-refractivity contribution in [2.45, 2.75) is 32.1 Å². The molecule has 0 aliphatic carbocycles. The Morgan fingerprint density at radius 2 is 2.11 bits per heavy atom. The summed E-state index contributed by atoms with van der Waals surface area (Å²) in [7, 11) is 1.90. The smallest absolute Gasteiger partial charge is 0.238 e. The monoisotopic (exact) mass is 249 g/mol. The first-order valence-electron chi connectivity index (χ1n) is 6.18. The molecule has 2 aromatic heterocycles. The van der Waals surface area contributed by atoms with Crippen molar-refractivity contribution in [1.29, 1.82) is 0 Å². The van der Waals surface area contributed by atoms with Gasteiger partial charge in [-0.3, -0.25) is 0 Å². The first-order chi connectivity index (χ1) is 8.66. The van der Waals surface area contributed by atoms with Crippen LogP contribution in [0.4, 0.5) is 0 Å². The molecule has 0 radical (unpaired) electrons. The third-order valence-corrected chi connectivity index (χ3v) is 3.65. The topological polar surface area (TPSA) is 82.8 Å². The zero-order valence-corrected chi connectivity index (χ0v) is 11.1. The van der Waals surface area contributed by atoms with E-state index in [4.69, 9.17) is 10.3 Å². The Hall–Kier alpha value is -1.69. The molecule has 0 saturated carbocycles. The second kappa shape index (κ2) is 4.89. The van der Waals surface area contributed by atoms with E-state index < -0.39 is 0 Å². The standard InChI is InChI=1S/C12H19N5O/c1-4-12(5-2,8-13)11-15-9(16-18-11)10-14-6-7-17(10)3/h6-7H,4-5,8,13H2,1-3H3. The number of nitrogens with two attached hydrogens (primary N) is 1. The lowest BCUT2D eigenvalue weighted by atomic mass is 9.82. The van der Waals surface area contributed by atoms with Crippen molar-refractivity contribution >= 4 is 0 Å². The number of hydrogen-bond donors (Lipinski definition) is 1. The number of nitrogens with zero attached hydrogens (tertiary/aromatic N) is 4. The highest BCUT2D eigenvalue weighted by molar-refractivity contribution is 5.42.